The molecule has 2 fully saturated rings. The third-order valence-corrected chi connectivity index (χ3v) is 5.11. The summed E-state index contributed by atoms with van der Waals surface area (Å²) < 4.78 is 11.5. The van der Waals surface area contributed by atoms with Crippen molar-refractivity contribution in [3.63, 3.8) is 0 Å². The molecule has 0 N–H and O–H groups in total. The van der Waals surface area contributed by atoms with E-state index < -0.39 is 0 Å². The first-order valence-corrected chi connectivity index (χ1v) is 7.71. The van der Waals surface area contributed by atoms with Crippen LogP contribution in [0.25, 0.3) is 0 Å². The van der Waals surface area contributed by atoms with E-state index in [9.17, 15) is 0 Å². The van der Waals surface area contributed by atoms with Gasteiger partial charge >= 0.3 is 0 Å². The van der Waals surface area contributed by atoms with E-state index in [1.807, 2.05) is 6.92 Å². The van der Waals surface area contributed by atoms with Crippen molar-refractivity contribution in [1.29, 1.82) is 0 Å². The van der Waals surface area contributed by atoms with Crippen LogP contribution in [0.3, 0.4) is 0 Å². The van der Waals surface area contributed by atoms with Crippen LogP contribution in [-0.2, 0) is 9.47 Å². The number of methoxy groups -OCH3 is 1. The van der Waals surface area contributed by atoms with Crippen LogP contribution < -0.4 is 4.90 Å². The van der Waals surface area contributed by atoms with Crippen molar-refractivity contribution in [3.05, 3.63) is 5.01 Å². The van der Waals surface area contributed by atoms with E-state index in [0.29, 0.717) is 6.10 Å². The highest BCUT2D eigenvalue weighted by molar-refractivity contribution is 7.15. The Bertz CT molecular complexity index is 435. The summed E-state index contributed by atoms with van der Waals surface area (Å²) in [6.07, 6.45) is 3.71. The fraction of sp³-hybridized carbons (Fsp3) is 0.846. The third kappa shape index (κ3) is 2.49. The molecule has 0 saturated carbocycles. The number of hydrogen-bond acceptors (Lipinski definition) is 6. The minimum Gasteiger partial charge on any atom is -0.384 e. The van der Waals surface area contributed by atoms with E-state index >= 15 is 0 Å². The minimum atomic E-state index is 0.130. The van der Waals surface area contributed by atoms with Gasteiger partial charge in [-0.1, -0.05) is 11.3 Å². The highest BCUT2D eigenvalue weighted by Gasteiger charge is 2.46. The number of aromatic nitrogens is 2. The molecule has 0 aliphatic carbocycles. The van der Waals surface area contributed by atoms with Crippen LogP contribution in [0.1, 0.15) is 24.3 Å². The predicted octanol–water partition coefficient (Wildman–Crippen LogP) is 1.87. The van der Waals surface area contributed by atoms with Crippen LogP contribution in [0.2, 0.25) is 0 Å². The van der Waals surface area contributed by atoms with E-state index in [4.69, 9.17) is 9.47 Å². The zero-order valence-electron chi connectivity index (χ0n) is 11.6. The Kier molecular flexibility index (Phi) is 3.73. The molecule has 106 valence electrons. The van der Waals surface area contributed by atoms with Crippen LogP contribution in [-0.4, -0.2) is 49.7 Å². The zero-order valence-corrected chi connectivity index (χ0v) is 12.4. The maximum absolute atomic E-state index is 5.99. The second-order valence-corrected chi connectivity index (χ2v) is 6.73. The van der Waals surface area contributed by atoms with E-state index in [1.54, 1.807) is 18.4 Å². The number of ether oxygens (including phenoxy) is 2. The fourth-order valence-electron chi connectivity index (χ4n) is 3.37. The average molecular weight is 283 g/mol. The standard InChI is InChI=1S/C13H21N3O2S/c1-10-14-15-12(19-10)16-6-4-11-13(8-16,9-17-2)5-3-7-18-11/h11H,3-9H2,1-2H3/t11-,13+/m1/s1. The van der Waals surface area contributed by atoms with E-state index in [2.05, 4.69) is 15.1 Å². The lowest BCUT2D eigenvalue weighted by Crippen LogP contribution is -2.57. The summed E-state index contributed by atoms with van der Waals surface area (Å²) in [7, 11) is 1.79. The van der Waals surface area contributed by atoms with Crippen molar-refractivity contribution < 1.29 is 9.47 Å². The Labute approximate surface area is 117 Å². The molecule has 1 aromatic heterocycles. The van der Waals surface area contributed by atoms with Crippen LogP contribution in [0.15, 0.2) is 0 Å². The molecule has 6 heteroatoms. The van der Waals surface area contributed by atoms with Gasteiger partial charge < -0.3 is 14.4 Å². The molecule has 5 nitrogen and oxygen atoms in total. The molecular weight excluding hydrogens is 262 g/mol. The Morgan fingerprint density at radius 1 is 1.53 bits per heavy atom. The second-order valence-electron chi connectivity index (χ2n) is 5.57. The summed E-state index contributed by atoms with van der Waals surface area (Å²) in [5.74, 6) is 0. The predicted molar refractivity (Wildman–Crippen MR) is 74.8 cm³/mol. The van der Waals surface area contributed by atoms with Crippen LogP contribution in [0.5, 0.6) is 0 Å². The maximum atomic E-state index is 5.99. The van der Waals surface area contributed by atoms with Gasteiger partial charge in [0.1, 0.15) is 5.01 Å². The van der Waals surface area contributed by atoms with Crippen molar-refractivity contribution in [2.45, 2.75) is 32.3 Å². The number of nitrogens with zero attached hydrogens (tertiary/aromatic N) is 3. The van der Waals surface area contributed by atoms with Gasteiger partial charge in [0.25, 0.3) is 0 Å². The molecule has 0 aromatic carbocycles. The maximum Gasteiger partial charge on any atom is 0.208 e. The van der Waals surface area contributed by atoms with Gasteiger partial charge in [-0.2, -0.15) is 0 Å². The van der Waals surface area contributed by atoms with Gasteiger partial charge in [-0.3, -0.25) is 0 Å². The molecule has 0 spiro atoms. The summed E-state index contributed by atoms with van der Waals surface area (Å²) in [5.41, 5.74) is 0.130. The molecule has 3 heterocycles. The van der Waals surface area contributed by atoms with E-state index in [0.717, 1.165) is 49.3 Å². The van der Waals surface area contributed by atoms with Gasteiger partial charge in [0.05, 0.1) is 12.7 Å². The molecule has 3 rings (SSSR count). The molecule has 2 aliphatic rings. The van der Waals surface area contributed by atoms with Crippen molar-refractivity contribution >= 4 is 16.5 Å². The molecular formula is C13H21N3O2S. The minimum absolute atomic E-state index is 0.130. The fourth-order valence-corrected chi connectivity index (χ4v) is 4.08. The van der Waals surface area contributed by atoms with Gasteiger partial charge in [-0.25, -0.2) is 0 Å². The number of hydrogen-bond donors (Lipinski definition) is 0. The smallest absolute Gasteiger partial charge is 0.208 e. The Morgan fingerprint density at radius 3 is 3.16 bits per heavy atom. The van der Waals surface area contributed by atoms with Gasteiger partial charge in [0.2, 0.25) is 5.13 Å². The largest absolute Gasteiger partial charge is 0.384 e. The molecule has 2 aliphatic heterocycles. The van der Waals surface area contributed by atoms with E-state index in [1.165, 1.54) is 6.42 Å². The lowest BCUT2D eigenvalue weighted by Gasteiger charge is -2.50. The van der Waals surface area contributed by atoms with Gasteiger partial charge in [-0.05, 0) is 26.2 Å². The number of piperidine rings is 1. The molecule has 19 heavy (non-hydrogen) atoms. The number of anilines is 1. The van der Waals surface area contributed by atoms with Crippen molar-refractivity contribution in [1.82, 2.24) is 10.2 Å². The Balaban J connectivity index is 1.80. The molecule has 0 bridgehead atoms. The first-order valence-electron chi connectivity index (χ1n) is 6.89. The summed E-state index contributed by atoms with van der Waals surface area (Å²) in [4.78, 5) is 2.36. The highest BCUT2D eigenvalue weighted by Crippen LogP contribution is 2.41. The first-order chi connectivity index (χ1) is 9.23. The summed E-state index contributed by atoms with van der Waals surface area (Å²) in [5, 5.41) is 10.5. The van der Waals surface area contributed by atoms with Gasteiger partial charge in [0.15, 0.2) is 0 Å². The van der Waals surface area contributed by atoms with Crippen molar-refractivity contribution in [2.75, 3.05) is 38.3 Å². The van der Waals surface area contributed by atoms with Crippen molar-refractivity contribution in [2.24, 2.45) is 5.41 Å². The van der Waals surface area contributed by atoms with Crippen molar-refractivity contribution in [3.8, 4) is 0 Å². The number of fused-ring (bicyclic) bond motifs is 1. The SMILES string of the molecule is COC[C@@]12CCCO[C@@H]1CCN(c1nnc(C)s1)C2. The van der Waals surface area contributed by atoms with Crippen LogP contribution >= 0.6 is 11.3 Å². The van der Waals surface area contributed by atoms with Crippen LogP contribution in [0.4, 0.5) is 5.13 Å². The normalized spacial score (nSPS) is 31.3. The monoisotopic (exact) mass is 283 g/mol. The highest BCUT2D eigenvalue weighted by atomic mass is 32.1. The Morgan fingerprint density at radius 2 is 2.42 bits per heavy atom. The summed E-state index contributed by atoms with van der Waals surface area (Å²) in [6, 6.07) is 0. The number of rotatable bonds is 3. The Hall–Kier alpha value is -0.720. The molecule has 2 atom stereocenters. The van der Waals surface area contributed by atoms with Gasteiger partial charge in [-0.15, -0.1) is 10.2 Å². The van der Waals surface area contributed by atoms with E-state index in [-0.39, 0.29) is 5.41 Å². The summed E-state index contributed by atoms with van der Waals surface area (Å²) in [6.45, 7) is 5.65. The summed E-state index contributed by atoms with van der Waals surface area (Å²) >= 11 is 1.67. The quantitative estimate of drug-likeness (QED) is 0.847. The molecule has 2 saturated heterocycles. The number of aryl methyl sites for hydroxylation is 1. The topological polar surface area (TPSA) is 47.5 Å². The lowest BCUT2D eigenvalue weighted by molar-refractivity contribution is -0.119. The first kappa shape index (κ1) is 13.3. The third-order valence-electron chi connectivity index (χ3n) is 4.21. The zero-order chi connectivity index (χ0) is 13.3. The molecule has 1 aromatic rings. The second kappa shape index (κ2) is 5.34. The molecule has 0 unspecified atom stereocenters. The lowest BCUT2D eigenvalue weighted by atomic mass is 9.73. The van der Waals surface area contributed by atoms with Gasteiger partial charge in [0, 0.05) is 32.2 Å². The van der Waals surface area contributed by atoms with Crippen LogP contribution in [0, 0.1) is 12.3 Å². The molecule has 0 amide bonds. The molecule has 0 radical (unpaired) electrons. The average Bonchev–Trinajstić information content (AvgIpc) is 2.85.